The molecule has 1 N–H and O–H groups in total. The van der Waals surface area contributed by atoms with Gasteiger partial charge in [0.25, 0.3) is 5.91 Å². The Labute approximate surface area is 221 Å². The highest BCUT2D eigenvalue weighted by atomic mass is 19.4. The lowest BCUT2D eigenvalue weighted by atomic mass is 9.90. The van der Waals surface area contributed by atoms with Gasteiger partial charge in [0.2, 0.25) is 5.91 Å². The molecule has 1 spiro atoms. The van der Waals surface area contributed by atoms with Crippen LogP contribution < -0.4 is 5.32 Å². The number of imide groups is 1. The molecule has 1 unspecified atom stereocenters. The Balaban J connectivity index is 1.42. The molecule has 4 amide bonds. The molecule has 1 aliphatic carbocycles. The van der Waals surface area contributed by atoms with Crippen molar-refractivity contribution in [3.63, 3.8) is 0 Å². The standard InChI is InChI=1S/C27H25F4N5O3/c1-16(27(29,30)31)35(13-17-6-8-19(28)9-7-17)23(37)15-36-24(38)26(33-25(36)39)11-10-21-20(4-3-5-22(21)26)18-12-32-34(2)14-18/h3-9,12,14,16H,10-11,13,15H2,1-2H3,(H,33,39)/t16-,26?/m0/s1. The van der Waals surface area contributed by atoms with Crippen molar-refractivity contribution in [2.24, 2.45) is 7.05 Å². The average Bonchev–Trinajstić information content (AvgIpc) is 3.55. The van der Waals surface area contributed by atoms with Gasteiger partial charge in [-0.1, -0.05) is 30.3 Å². The van der Waals surface area contributed by atoms with E-state index in [0.717, 1.165) is 35.7 Å². The van der Waals surface area contributed by atoms with E-state index in [9.17, 15) is 31.9 Å². The quantitative estimate of drug-likeness (QED) is 0.378. The highest BCUT2D eigenvalue weighted by Gasteiger charge is 2.56. The van der Waals surface area contributed by atoms with Gasteiger partial charge >= 0.3 is 12.2 Å². The number of alkyl halides is 3. The molecule has 3 aromatic rings. The molecule has 0 radical (unpaired) electrons. The minimum atomic E-state index is -4.76. The first-order valence-electron chi connectivity index (χ1n) is 12.3. The third kappa shape index (κ3) is 4.64. The summed E-state index contributed by atoms with van der Waals surface area (Å²) in [6, 6.07) is 7.03. The Kier molecular flexibility index (Phi) is 6.44. The second-order valence-electron chi connectivity index (χ2n) is 9.83. The Morgan fingerprint density at radius 3 is 2.54 bits per heavy atom. The summed E-state index contributed by atoms with van der Waals surface area (Å²) in [7, 11) is 1.78. The number of aromatic nitrogens is 2. The van der Waals surface area contributed by atoms with E-state index in [1.165, 1.54) is 12.1 Å². The molecule has 204 valence electrons. The molecule has 2 atom stereocenters. The summed E-state index contributed by atoms with van der Waals surface area (Å²) < 4.78 is 55.9. The van der Waals surface area contributed by atoms with Crippen molar-refractivity contribution < 1.29 is 31.9 Å². The minimum absolute atomic E-state index is 0.243. The van der Waals surface area contributed by atoms with E-state index in [1.54, 1.807) is 30.1 Å². The SMILES string of the molecule is C[C@H](N(Cc1ccc(F)cc1)C(=O)CN1C(=O)NC2(CCc3c(-c4cnn(C)c4)cccc32)C1=O)C(F)(F)F. The predicted molar refractivity (Wildman–Crippen MR) is 131 cm³/mol. The summed E-state index contributed by atoms with van der Waals surface area (Å²) in [5.74, 6) is -2.33. The van der Waals surface area contributed by atoms with E-state index in [0.29, 0.717) is 21.8 Å². The van der Waals surface area contributed by atoms with Crippen LogP contribution in [0.1, 0.15) is 30.0 Å². The van der Waals surface area contributed by atoms with Crippen molar-refractivity contribution in [1.82, 2.24) is 24.9 Å². The molecule has 12 heteroatoms. The van der Waals surface area contributed by atoms with Gasteiger partial charge in [0.05, 0.1) is 6.20 Å². The maximum Gasteiger partial charge on any atom is 0.408 e. The number of carbonyl (C=O) groups is 3. The van der Waals surface area contributed by atoms with Gasteiger partial charge in [-0.3, -0.25) is 19.2 Å². The molecule has 1 saturated heterocycles. The van der Waals surface area contributed by atoms with Crippen molar-refractivity contribution in [1.29, 1.82) is 0 Å². The molecule has 5 rings (SSSR count). The van der Waals surface area contributed by atoms with Gasteiger partial charge in [0.1, 0.15) is 23.9 Å². The smallest absolute Gasteiger partial charge is 0.325 e. The number of urea groups is 1. The number of benzene rings is 2. The van der Waals surface area contributed by atoms with Gasteiger partial charge in [-0.25, -0.2) is 9.18 Å². The van der Waals surface area contributed by atoms with Crippen LogP contribution in [0.5, 0.6) is 0 Å². The number of nitrogens with one attached hydrogen (secondary N) is 1. The van der Waals surface area contributed by atoms with Crippen LogP contribution in [0.25, 0.3) is 11.1 Å². The molecular weight excluding hydrogens is 518 g/mol. The summed E-state index contributed by atoms with van der Waals surface area (Å²) >= 11 is 0. The summed E-state index contributed by atoms with van der Waals surface area (Å²) in [5, 5.41) is 6.90. The normalized spacial score (nSPS) is 19.4. The number of hydrogen-bond acceptors (Lipinski definition) is 4. The fourth-order valence-electron chi connectivity index (χ4n) is 5.29. The largest absolute Gasteiger partial charge is 0.408 e. The van der Waals surface area contributed by atoms with Crippen LogP contribution >= 0.6 is 0 Å². The molecule has 1 aliphatic heterocycles. The Bertz CT molecular complexity index is 1450. The lowest BCUT2D eigenvalue weighted by Crippen LogP contribution is -2.51. The number of nitrogens with zero attached hydrogens (tertiary/aromatic N) is 4. The monoisotopic (exact) mass is 543 g/mol. The number of rotatable bonds is 6. The zero-order chi connectivity index (χ0) is 28.1. The van der Waals surface area contributed by atoms with Gasteiger partial charge in [0.15, 0.2) is 0 Å². The number of amides is 4. The molecule has 39 heavy (non-hydrogen) atoms. The van der Waals surface area contributed by atoms with Crippen LogP contribution in [0.15, 0.2) is 54.9 Å². The lowest BCUT2D eigenvalue weighted by Gasteiger charge is -2.32. The lowest BCUT2D eigenvalue weighted by molar-refractivity contribution is -0.187. The van der Waals surface area contributed by atoms with Crippen molar-refractivity contribution in [3.8, 4) is 11.1 Å². The molecule has 0 saturated carbocycles. The second kappa shape index (κ2) is 9.51. The van der Waals surface area contributed by atoms with Crippen LogP contribution in [0.2, 0.25) is 0 Å². The first-order valence-corrected chi connectivity index (χ1v) is 12.3. The number of halogens is 4. The summed E-state index contributed by atoms with van der Waals surface area (Å²) in [6.45, 7) is -0.528. The zero-order valence-corrected chi connectivity index (χ0v) is 21.1. The summed E-state index contributed by atoms with van der Waals surface area (Å²) in [5.41, 5.74) is 2.00. The highest BCUT2D eigenvalue weighted by Crippen LogP contribution is 2.44. The molecule has 1 aromatic heterocycles. The van der Waals surface area contributed by atoms with Crippen molar-refractivity contribution in [2.45, 2.75) is 44.1 Å². The van der Waals surface area contributed by atoms with Crippen LogP contribution in [0.3, 0.4) is 0 Å². The zero-order valence-electron chi connectivity index (χ0n) is 21.1. The number of fused-ring (bicyclic) bond motifs is 2. The minimum Gasteiger partial charge on any atom is -0.325 e. The summed E-state index contributed by atoms with van der Waals surface area (Å²) in [4.78, 5) is 41.1. The molecule has 8 nitrogen and oxygen atoms in total. The van der Waals surface area contributed by atoms with Gasteiger partial charge in [-0.2, -0.15) is 18.3 Å². The van der Waals surface area contributed by atoms with E-state index in [4.69, 9.17) is 0 Å². The van der Waals surface area contributed by atoms with Crippen LogP contribution in [0, 0.1) is 5.82 Å². The maximum absolute atomic E-state index is 13.7. The number of hydrogen-bond donors (Lipinski definition) is 1. The maximum atomic E-state index is 13.7. The van der Waals surface area contributed by atoms with E-state index >= 15 is 0 Å². The third-order valence-corrected chi connectivity index (χ3v) is 7.40. The Morgan fingerprint density at radius 1 is 1.18 bits per heavy atom. The predicted octanol–water partition coefficient (Wildman–Crippen LogP) is 3.90. The Morgan fingerprint density at radius 2 is 1.90 bits per heavy atom. The second-order valence-corrected chi connectivity index (χ2v) is 9.83. The highest BCUT2D eigenvalue weighted by molar-refractivity contribution is 6.10. The van der Waals surface area contributed by atoms with Gasteiger partial charge in [-0.15, -0.1) is 0 Å². The molecule has 2 heterocycles. The topological polar surface area (TPSA) is 87.5 Å². The molecule has 0 bridgehead atoms. The van der Waals surface area contributed by atoms with Crippen LogP contribution in [-0.2, 0) is 35.1 Å². The molecule has 2 aromatic carbocycles. The number of aryl methyl sites for hydroxylation is 1. The fourth-order valence-corrected chi connectivity index (χ4v) is 5.29. The van der Waals surface area contributed by atoms with Gasteiger partial charge < -0.3 is 10.2 Å². The first-order chi connectivity index (χ1) is 18.4. The molecular formula is C27H25F4N5O3. The van der Waals surface area contributed by atoms with Crippen molar-refractivity contribution >= 4 is 17.8 Å². The van der Waals surface area contributed by atoms with Gasteiger partial charge in [-0.05, 0) is 54.2 Å². The average molecular weight is 544 g/mol. The van der Waals surface area contributed by atoms with Gasteiger partial charge in [0, 0.05) is 25.4 Å². The Hall–Kier alpha value is -4.22. The molecule has 1 fully saturated rings. The third-order valence-electron chi connectivity index (χ3n) is 7.40. The van der Waals surface area contributed by atoms with Crippen molar-refractivity contribution in [2.75, 3.05) is 6.54 Å². The van der Waals surface area contributed by atoms with E-state index in [1.807, 2.05) is 12.3 Å². The van der Waals surface area contributed by atoms with Crippen molar-refractivity contribution in [3.05, 3.63) is 77.4 Å². The van der Waals surface area contributed by atoms with E-state index < -0.39 is 54.5 Å². The van der Waals surface area contributed by atoms with E-state index in [2.05, 4.69) is 10.4 Å². The molecule has 2 aliphatic rings. The summed E-state index contributed by atoms with van der Waals surface area (Å²) in [6.07, 6.45) is -0.527. The van der Waals surface area contributed by atoms with Crippen LogP contribution in [0.4, 0.5) is 22.4 Å². The first kappa shape index (κ1) is 26.4. The van der Waals surface area contributed by atoms with Crippen LogP contribution in [-0.4, -0.2) is 56.2 Å². The fraction of sp³-hybridized carbons (Fsp3) is 0.333. The van der Waals surface area contributed by atoms with E-state index in [-0.39, 0.29) is 12.0 Å². The number of carbonyl (C=O) groups excluding carboxylic acids is 3.